The standard InChI is InChI=1S/C12H21NOS/c1-2-3-4-7-13-8-10-15-11-12-6-5-9-14-12/h5-6,9,13H,2-4,7-8,10-11H2,1H3. The van der Waals surface area contributed by atoms with Gasteiger partial charge in [0.15, 0.2) is 0 Å². The minimum atomic E-state index is 0.990. The largest absolute Gasteiger partial charge is 0.468 e. The zero-order chi connectivity index (χ0) is 10.8. The van der Waals surface area contributed by atoms with E-state index in [1.165, 1.54) is 19.3 Å². The Labute approximate surface area is 96.8 Å². The Bertz CT molecular complexity index is 224. The molecule has 0 fully saturated rings. The molecule has 0 aliphatic rings. The number of thioether (sulfide) groups is 1. The predicted molar refractivity (Wildman–Crippen MR) is 67.3 cm³/mol. The fraction of sp³-hybridized carbons (Fsp3) is 0.667. The molecule has 0 radical (unpaired) electrons. The van der Waals surface area contributed by atoms with Crippen molar-refractivity contribution in [3.8, 4) is 0 Å². The molecule has 1 heterocycles. The van der Waals surface area contributed by atoms with Crippen molar-refractivity contribution in [3.63, 3.8) is 0 Å². The summed E-state index contributed by atoms with van der Waals surface area (Å²) in [6.45, 7) is 4.50. The quantitative estimate of drug-likeness (QED) is 0.655. The highest BCUT2D eigenvalue weighted by Gasteiger charge is 1.95. The molecule has 0 spiro atoms. The van der Waals surface area contributed by atoms with E-state index >= 15 is 0 Å². The van der Waals surface area contributed by atoms with Crippen molar-refractivity contribution in [2.75, 3.05) is 18.8 Å². The SMILES string of the molecule is CCCCCNCCSCc1ccco1. The summed E-state index contributed by atoms with van der Waals surface area (Å²) in [6.07, 6.45) is 5.68. The van der Waals surface area contributed by atoms with Crippen molar-refractivity contribution >= 4 is 11.8 Å². The van der Waals surface area contributed by atoms with E-state index in [1.54, 1.807) is 6.26 Å². The highest BCUT2D eigenvalue weighted by atomic mass is 32.2. The third kappa shape index (κ3) is 6.63. The fourth-order valence-corrected chi connectivity index (χ4v) is 2.14. The lowest BCUT2D eigenvalue weighted by molar-refractivity contribution is 0.530. The molecule has 2 nitrogen and oxygen atoms in total. The van der Waals surface area contributed by atoms with E-state index in [9.17, 15) is 0 Å². The maximum atomic E-state index is 5.25. The maximum absolute atomic E-state index is 5.25. The van der Waals surface area contributed by atoms with Crippen molar-refractivity contribution in [1.82, 2.24) is 5.32 Å². The summed E-state index contributed by atoms with van der Waals surface area (Å²) in [5.41, 5.74) is 0. The van der Waals surface area contributed by atoms with Crippen LogP contribution in [0, 0.1) is 0 Å². The van der Waals surface area contributed by atoms with E-state index < -0.39 is 0 Å². The fourth-order valence-electron chi connectivity index (χ4n) is 1.34. The van der Waals surface area contributed by atoms with Crippen LogP contribution in [-0.4, -0.2) is 18.8 Å². The van der Waals surface area contributed by atoms with Gasteiger partial charge in [-0.3, -0.25) is 0 Å². The lowest BCUT2D eigenvalue weighted by atomic mass is 10.2. The Kier molecular flexibility index (Phi) is 7.48. The van der Waals surface area contributed by atoms with Gasteiger partial charge >= 0.3 is 0 Å². The molecule has 0 amide bonds. The zero-order valence-corrected chi connectivity index (χ0v) is 10.3. The first-order valence-corrected chi connectivity index (χ1v) is 6.89. The minimum Gasteiger partial charge on any atom is -0.468 e. The summed E-state index contributed by atoms with van der Waals surface area (Å²) in [7, 11) is 0. The summed E-state index contributed by atoms with van der Waals surface area (Å²) in [5.74, 6) is 3.22. The minimum absolute atomic E-state index is 0.990. The van der Waals surface area contributed by atoms with Gasteiger partial charge in [0.05, 0.1) is 12.0 Å². The monoisotopic (exact) mass is 227 g/mol. The number of unbranched alkanes of at least 4 members (excludes halogenated alkanes) is 2. The average molecular weight is 227 g/mol. The second kappa shape index (κ2) is 8.86. The molecule has 0 aliphatic heterocycles. The lowest BCUT2D eigenvalue weighted by Crippen LogP contribution is -2.18. The third-order valence-corrected chi connectivity index (χ3v) is 3.19. The Morgan fingerprint density at radius 3 is 3.00 bits per heavy atom. The molecule has 1 N–H and O–H groups in total. The summed E-state index contributed by atoms with van der Waals surface area (Å²) in [6, 6.07) is 3.97. The van der Waals surface area contributed by atoms with Gasteiger partial charge in [-0.1, -0.05) is 19.8 Å². The van der Waals surface area contributed by atoms with Crippen molar-refractivity contribution in [3.05, 3.63) is 24.2 Å². The molecular formula is C12H21NOS. The molecule has 0 unspecified atom stereocenters. The number of furan rings is 1. The van der Waals surface area contributed by atoms with Gasteiger partial charge in [0.25, 0.3) is 0 Å². The number of rotatable bonds is 9. The zero-order valence-electron chi connectivity index (χ0n) is 9.50. The normalized spacial score (nSPS) is 10.7. The first-order chi connectivity index (χ1) is 7.43. The Hall–Kier alpha value is -0.410. The highest BCUT2D eigenvalue weighted by molar-refractivity contribution is 7.98. The molecular weight excluding hydrogens is 206 g/mol. The van der Waals surface area contributed by atoms with E-state index in [2.05, 4.69) is 12.2 Å². The van der Waals surface area contributed by atoms with Crippen LogP contribution in [-0.2, 0) is 5.75 Å². The van der Waals surface area contributed by atoms with E-state index in [1.807, 2.05) is 23.9 Å². The second-order valence-electron chi connectivity index (χ2n) is 3.59. The number of hydrogen-bond donors (Lipinski definition) is 1. The van der Waals surface area contributed by atoms with Crippen LogP contribution >= 0.6 is 11.8 Å². The van der Waals surface area contributed by atoms with Crippen molar-refractivity contribution in [2.24, 2.45) is 0 Å². The van der Waals surface area contributed by atoms with Crippen LogP contribution in [0.25, 0.3) is 0 Å². The maximum Gasteiger partial charge on any atom is 0.113 e. The molecule has 1 rings (SSSR count). The van der Waals surface area contributed by atoms with Crippen molar-refractivity contribution in [1.29, 1.82) is 0 Å². The Balaban J connectivity index is 1.81. The molecule has 0 saturated carbocycles. The number of nitrogens with one attached hydrogen (secondary N) is 1. The number of hydrogen-bond acceptors (Lipinski definition) is 3. The van der Waals surface area contributed by atoms with Crippen LogP contribution in [0.4, 0.5) is 0 Å². The second-order valence-corrected chi connectivity index (χ2v) is 4.69. The van der Waals surface area contributed by atoms with E-state index in [-0.39, 0.29) is 0 Å². The molecule has 86 valence electrons. The van der Waals surface area contributed by atoms with Crippen molar-refractivity contribution in [2.45, 2.75) is 31.9 Å². The molecule has 3 heteroatoms. The van der Waals surface area contributed by atoms with Gasteiger partial charge in [-0.25, -0.2) is 0 Å². The smallest absolute Gasteiger partial charge is 0.113 e. The third-order valence-electron chi connectivity index (χ3n) is 2.20. The Morgan fingerprint density at radius 1 is 1.33 bits per heavy atom. The summed E-state index contributed by atoms with van der Waals surface area (Å²) >= 11 is 1.92. The summed E-state index contributed by atoms with van der Waals surface area (Å²) in [4.78, 5) is 0. The molecule has 1 aromatic heterocycles. The van der Waals surface area contributed by atoms with Gasteiger partial charge in [0.2, 0.25) is 0 Å². The predicted octanol–water partition coefficient (Wildman–Crippen LogP) is 3.29. The Morgan fingerprint density at radius 2 is 2.27 bits per heavy atom. The lowest BCUT2D eigenvalue weighted by Gasteiger charge is -2.03. The topological polar surface area (TPSA) is 25.2 Å². The van der Waals surface area contributed by atoms with Gasteiger partial charge in [-0.15, -0.1) is 0 Å². The summed E-state index contributed by atoms with van der Waals surface area (Å²) in [5, 5.41) is 3.45. The van der Waals surface area contributed by atoms with Crippen LogP contribution in [0.1, 0.15) is 31.9 Å². The van der Waals surface area contributed by atoms with E-state index in [0.29, 0.717) is 0 Å². The first kappa shape index (κ1) is 12.7. The molecule has 15 heavy (non-hydrogen) atoms. The van der Waals surface area contributed by atoms with Gasteiger partial charge in [0, 0.05) is 12.3 Å². The first-order valence-electron chi connectivity index (χ1n) is 5.74. The molecule has 0 aromatic carbocycles. The summed E-state index contributed by atoms with van der Waals surface area (Å²) < 4.78 is 5.25. The van der Waals surface area contributed by atoms with Gasteiger partial charge < -0.3 is 9.73 Å². The van der Waals surface area contributed by atoms with Gasteiger partial charge in [0.1, 0.15) is 5.76 Å². The molecule has 0 saturated heterocycles. The molecule has 1 aromatic rings. The average Bonchev–Trinajstić information content (AvgIpc) is 2.75. The van der Waals surface area contributed by atoms with Crippen LogP contribution < -0.4 is 5.32 Å². The molecule has 0 aliphatic carbocycles. The van der Waals surface area contributed by atoms with Crippen LogP contribution in [0.3, 0.4) is 0 Å². The van der Waals surface area contributed by atoms with E-state index in [4.69, 9.17) is 4.42 Å². The van der Waals surface area contributed by atoms with Crippen LogP contribution in [0.5, 0.6) is 0 Å². The highest BCUT2D eigenvalue weighted by Crippen LogP contribution is 2.11. The van der Waals surface area contributed by atoms with Crippen LogP contribution in [0.2, 0.25) is 0 Å². The molecule has 0 atom stereocenters. The van der Waals surface area contributed by atoms with Crippen molar-refractivity contribution < 1.29 is 4.42 Å². The van der Waals surface area contributed by atoms with Crippen LogP contribution in [0.15, 0.2) is 22.8 Å². The van der Waals surface area contributed by atoms with E-state index in [0.717, 1.165) is 30.4 Å². The molecule has 0 bridgehead atoms. The van der Waals surface area contributed by atoms with Gasteiger partial charge in [-0.05, 0) is 25.1 Å². The van der Waals surface area contributed by atoms with Gasteiger partial charge in [-0.2, -0.15) is 11.8 Å².